The summed E-state index contributed by atoms with van der Waals surface area (Å²) in [4.78, 5) is 27.4. The molecule has 1 N–H and O–H groups in total. The van der Waals surface area contributed by atoms with Crippen LogP contribution in [0.5, 0.6) is 11.5 Å². The van der Waals surface area contributed by atoms with Crippen molar-refractivity contribution in [3.8, 4) is 11.5 Å². The van der Waals surface area contributed by atoms with E-state index in [1.165, 1.54) is 22.2 Å². The van der Waals surface area contributed by atoms with Crippen LogP contribution in [0.3, 0.4) is 0 Å². The van der Waals surface area contributed by atoms with E-state index in [0.29, 0.717) is 5.75 Å². The zero-order valence-electron chi connectivity index (χ0n) is 16.8. The minimum absolute atomic E-state index is 0.0864. The molecule has 6 nitrogen and oxygen atoms in total. The fourth-order valence-electron chi connectivity index (χ4n) is 2.97. The molecule has 0 atom stereocenters. The third kappa shape index (κ3) is 4.44. The minimum Gasteiger partial charge on any atom is -0.455 e. The molecule has 0 spiro atoms. The average Bonchev–Trinajstić information content (AvgIpc) is 3.03. The lowest BCUT2D eigenvalue weighted by atomic mass is 10.2. The van der Waals surface area contributed by atoms with Crippen molar-refractivity contribution in [2.45, 2.75) is 25.8 Å². The Morgan fingerprint density at radius 1 is 1.20 bits per heavy atom. The normalized spacial score (nSPS) is 10.9. The lowest BCUT2D eigenvalue weighted by Crippen LogP contribution is -2.14. The zero-order chi connectivity index (χ0) is 21.1. The van der Waals surface area contributed by atoms with Gasteiger partial charge >= 0.3 is 0 Å². The second-order valence-electron chi connectivity index (χ2n) is 6.75. The summed E-state index contributed by atoms with van der Waals surface area (Å²) in [5.74, 6) is 1.58. The number of amides is 1. The molecule has 8 heteroatoms. The van der Waals surface area contributed by atoms with Crippen molar-refractivity contribution in [1.29, 1.82) is 0 Å². The molecule has 4 rings (SSSR count). The Labute approximate surface area is 182 Å². The Kier molecular flexibility index (Phi) is 5.96. The number of ether oxygens (including phenoxy) is 1. The molecule has 0 aliphatic carbocycles. The molecule has 1 aromatic carbocycles. The molecule has 0 unspecified atom stereocenters. The summed E-state index contributed by atoms with van der Waals surface area (Å²) in [6, 6.07) is 9.23. The van der Waals surface area contributed by atoms with Crippen molar-refractivity contribution in [1.82, 2.24) is 15.0 Å². The van der Waals surface area contributed by atoms with Gasteiger partial charge in [-0.1, -0.05) is 11.8 Å². The summed E-state index contributed by atoms with van der Waals surface area (Å²) in [7, 11) is 0. The second kappa shape index (κ2) is 8.81. The molecule has 0 aliphatic rings. The van der Waals surface area contributed by atoms with Crippen LogP contribution in [0.15, 0.2) is 54.1 Å². The maximum absolute atomic E-state index is 12.5. The third-order valence-corrected chi connectivity index (χ3v) is 6.70. The molecule has 3 aromatic heterocycles. The molecule has 0 bridgehead atoms. The van der Waals surface area contributed by atoms with Gasteiger partial charge in [0.05, 0.1) is 11.9 Å². The topological polar surface area (TPSA) is 77.0 Å². The number of nitrogens with zero attached hydrogens (tertiary/aromatic N) is 3. The standard InChI is InChI=1S/C22H20N4O2S2/c1-13-9-16(6-7-18(13)28-17-5-4-8-23-10-17)26-19(27)11-29-21-20-14(2)15(3)30-22(20)25-12-24-21/h4-10,12H,11H2,1-3H3,(H,26,27). The first-order valence-corrected chi connectivity index (χ1v) is 11.1. The highest BCUT2D eigenvalue weighted by Gasteiger charge is 2.14. The van der Waals surface area contributed by atoms with Crippen LogP contribution in [0.1, 0.15) is 16.0 Å². The van der Waals surface area contributed by atoms with Crippen LogP contribution in [0.25, 0.3) is 10.2 Å². The predicted molar refractivity (Wildman–Crippen MR) is 122 cm³/mol. The van der Waals surface area contributed by atoms with E-state index in [4.69, 9.17) is 4.74 Å². The van der Waals surface area contributed by atoms with Crippen LogP contribution in [-0.4, -0.2) is 26.6 Å². The first-order chi connectivity index (χ1) is 14.5. The summed E-state index contributed by atoms with van der Waals surface area (Å²) < 4.78 is 5.84. The van der Waals surface area contributed by atoms with E-state index < -0.39 is 0 Å². The molecule has 3 heterocycles. The van der Waals surface area contributed by atoms with Crippen molar-refractivity contribution >= 4 is 44.9 Å². The average molecular weight is 437 g/mol. The molecule has 30 heavy (non-hydrogen) atoms. The van der Waals surface area contributed by atoms with Gasteiger partial charge in [0, 0.05) is 22.1 Å². The van der Waals surface area contributed by atoms with Crippen LogP contribution in [-0.2, 0) is 4.79 Å². The number of benzene rings is 1. The number of fused-ring (bicyclic) bond motifs is 1. The van der Waals surface area contributed by atoms with Gasteiger partial charge in [-0.05, 0) is 62.2 Å². The number of thioether (sulfide) groups is 1. The maximum Gasteiger partial charge on any atom is 0.234 e. The number of pyridine rings is 1. The lowest BCUT2D eigenvalue weighted by Gasteiger charge is -2.11. The molecule has 0 saturated carbocycles. The molecule has 4 aromatic rings. The predicted octanol–water partition coefficient (Wildman–Crippen LogP) is 5.53. The fraction of sp³-hybridized carbons (Fsp3) is 0.182. The molecule has 0 aliphatic heterocycles. The summed E-state index contributed by atoms with van der Waals surface area (Å²) >= 11 is 3.08. The number of rotatable bonds is 6. The summed E-state index contributed by atoms with van der Waals surface area (Å²) in [6.45, 7) is 6.09. The smallest absolute Gasteiger partial charge is 0.234 e. The molecule has 0 fully saturated rings. The van der Waals surface area contributed by atoms with Crippen molar-refractivity contribution < 1.29 is 9.53 Å². The molecular formula is C22H20N4O2S2. The number of thiophene rings is 1. The van der Waals surface area contributed by atoms with Gasteiger partial charge in [-0.15, -0.1) is 11.3 Å². The molecule has 0 saturated heterocycles. The number of anilines is 1. The van der Waals surface area contributed by atoms with Gasteiger partial charge in [0.25, 0.3) is 0 Å². The van der Waals surface area contributed by atoms with E-state index in [1.54, 1.807) is 30.1 Å². The number of carbonyl (C=O) groups is 1. The van der Waals surface area contributed by atoms with Gasteiger partial charge in [0.1, 0.15) is 27.7 Å². The van der Waals surface area contributed by atoms with Gasteiger partial charge in [0.15, 0.2) is 0 Å². The van der Waals surface area contributed by atoms with Crippen molar-refractivity contribution in [2.75, 3.05) is 11.1 Å². The van der Waals surface area contributed by atoms with E-state index in [9.17, 15) is 4.79 Å². The van der Waals surface area contributed by atoms with Gasteiger partial charge in [-0.3, -0.25) is 9.78 Å². The number of nitrogens with one attached hydrogen (secondary N) is 1. The van der Waals surface area contributed by atoms with E-state index in [-0.39, 0.29) is 11.7 Å². The molecular weight excluding hydrogens is 416 g/mol. The lowest BCUT2D eigenvalue weighted by molar-refractivity contribution is -0.113. The van der Waals surface area contributed by atoms with E-state index in [2.05, 4.69) is 34.1 Å². The van der Waals surface area contributed by atoms with Crippen LogP contribution in [0, 0.1) is 20.8 Å². The van der Waals surface area contributed by atoms with Gasteiger partial charge in [0.2, 0.25) is 5.91 Å². The zero-order valence-corrected chi connectivity index (χ0v) is 18.4. The van der Waals surface area contributed by atoms with Crippen molar-refractivity contribution in [2.24, 2.45) is 0 Å². The van der Waals surface area contributed by atoms with Crippen LogP contribution in [0.2, 0.25) is 0 Å². The van der Waals surface area contributed by atoms with Crippen LogP contribution >= 0.6 is 23.1 Å². The largest absolute Gasteiger partial charge is 0.455 e. The second-order valence-corrected chi connectivity index (χ2v) is 8.92. The summed E-state index contributed by atoms with van der Waals surface area (Å²) in [6.07, 6.45) is 4.92. The maximum atomic E-state index is 12.5. The third-order valence-electron chi connectivity index (χ3n) is 4.59. The monoisotopic (exact) mass is 436 g/mol. The Morgan fingerprint density at radius 2 is 2.07 bits per heavy atom. The summed E-state index contributed by atoms with van der Waals surface area (Å²) in [5, 5.41) is 4.83. The minimum atomic E-state index is -0.0864. The Balaban J connectivity index is 1.40. The Morgan fingerprint density at radius 3 is 2.83 bits per heavy atom. The van der Waals surface area contributed by atoms with Crippen molar-refractivity contribution in [3.05, 3.63) is 65.1 Å². The number of hydrogen-bond donors (Lipinski definition) is 1. The van der Waals surface area contributed by atoms with E-state index in [1.807, 2.05) is 37.3 Å². The number of carbonyl (C=O) groups excluding carboxylic acids is 1. The van der Waals surface area contributed by atoms with Crippen LogP contribution < -0.4 is 10.1 Å². The first-order valence-electron chi connectivity index (χ1n) is 9.33. The highest BCUT2D eigenvalue weighted by molar-refractivity contribution is 8.00. The number of aromatic nitrogens is 3. The first kappa shape index (κ1) is 20.3. The number of aryl methyl sites for hydroxylation is 3. The highest BCUT2D eigenvalue weighted by atomic mass is 32.2. The van der Waals surface area contributed by atoms with Gasteiger partial charge < -0.3 is 10.1 Å². The van der Waals surface area contributed by atoms with E-state index >= 15 is 0 Å². The van der Waals surface area contributed by atoms with Gasteiger partial charge in [-0.25, -0.2) is 9.97 Å². The molecule has 0 radical (unpaired) electrons. The van der Waals surface area contributed by atoms with E-state index in [0.717, 1.165) is 32.2 Å². The number of hydrogen-bond acceptors (Lipinski definition) is 7. The molecule has 152 valence electrons. The molecule has 1 amide bonds. The Bertz CT molecular complexity index is 1210. The Hall–Kier alpha value is -2.97. The fourth-order valence-corrected chi connectivity index (χ4v) is 4.88. The van der Waals surface area contributed by atoms with Crippen LogP contribution in [0.4, 0.5) is 5.69 Å². The summed E-state index contributed by atoms with van der Waals surface area (Å²) in [5.41, 5.74) is 2.83. The van der Waals surface area contributed by atoms with Gasteiger partial charge in [-0.2, -0.15) is 0 Å². The van der Waals surface area contributed by atoms with Crippen molar-refractivity contribution in [3.63, 3.8) is 0 Å². The highest BCUT2D eigenvalue weighted by Crippen LogP contribution is 2.34. The quantitative estimate of drug-likeness (QED) is 0.316. The SMILES string of the molecule is Cc1cc(NC(=O)CSc2ncnc3sc(C)c(C)c23)ccc1Oc1cccnc1.